The van der Waals surface area contributed by atoms with Gasteiger partial charge in [0.05, 0.1) is 12.0 Å². The molecule has 7 heteroatoms. The van der Waals surface area contributed by atoms with Gasteiger partial charge in [-0.15, -0.1) is 11.3 Å². The van der Waals surface area contributed by atoms with E-state index in [1.807, 2.05) is 68.4 Å². The fourth-order valence-corrected chi connectivity index (χ4v) is 4.41. The second-order valence-electron chi connectivity index (χ2n) is 7.50. The van der Waals surface area contributed by atoms with E-state index in [0.29, 0.717) is 22.6 Å². The van der Waals surface area contributed by atoms with Crippen LogP contribution in [-0.2, 0) is 16.1 Å². The molecule has 0 atom stereocenters. The van der Waals surface area contributed by atoms with Crippen molar-refractivity contribution < 1.29 is 14.3 Å². The Kier molecular flexibility index (Phi) is 6.70. The fraction of sp³-hybridized carbons (Fsp3) is 0.192. The van der Waals surface area contributed by atoms with Crippen LogP contribution in [0.3, 0.4) is 0 Å². The zero-order chi connectivity index (χ0) is 23.4. The SMILES string of the molecule is CCOC(=O)C(=Cc1ccc(OCc2ccccc2)cc1)c1nc2sc(C)c(C)c2c(=O)[nH]1. The first-order chi connectivity index (χ1) is 16.0. The molecule has 0 bridgehead atoms. The minimum atomic E-state index is -0.547. The Labute approximate surface area is 195 Å². The quantitative estimate of drug-likeness (QED) is 0.300. The summed E-state index contributed by atoms with van der Waals surface area (Å²) in [4.78, 5) is 34.4. The summed E-state index contributed by atoms with van der Waals surface area (Å²) in [6.07, 6.45) is 1.66. The normalized spacial score (nSPS) is 11.5. The van der Waals surface area contributed by atoms with Crippen molar-refractivity contribution in [3.63, 3.8) is 0 Å². The maximum Gasteiger partial charge on any atom is 0.341 e. The molecule has 2 aromatic carbocycles. The van der Waals surface area contributed by atoms with E-state index in [4.69, 9.17) is 9.47 Å². The van der Waals surface area contributed by atoms with Gasteiger partial charge in [0.2, 0.25) is 0 Å². The number of H-pyrrole nitrogens is 1. The highest BCUT2D eigenvalue weighted by Gasteiger charge is 2.19. The van der Waals surface area contributed by atoms with Gasteiger partial charge in [-0.1, -0.05) is 42.5 Å². The minimum Gasteiger partial charge on any atom is -0.489 e. The van der Waals surface area contributed by atoms with E-state index >= 15 is 0 Å². The Balaban J connectivity index is 1.65. The zero-order valence-electron chi connectivity index (χ0n) is 18.7. The van der Waals surface area contributed by atoms with Crippen LogP contribution in [0.2, 0.25) is 0 Å². The highest BCUT2D eigenvalue weighted by atomic mass is 32.1. The number of hydrogen-bond acceptors (Lipinski definition) is 6. The molecule has 168 valence electrons. The number of nitrogens with zero attached hydrogens (tertiary/aromatic N) is 1. The Morgan fingerprint density at radius 1 is 1.09 bits per heavy atom. The van der Waals surface area contributed by atoms with Crippen LogP contribution in [0.15, 0.2) is 59.4 Å². The lowest BCUT2D eigenvalue weighted by Gasteiger charge is -2.08. The van der Waals surface area contributed by atoms with Crippen molar-refractivity contribution in [2.45, 2.75) is 27.4 Å². The number of rotatable bonds is 7. The number of aromatic amines is 1. The lowest BCUT2D eigenvalue weighted by molar-refractivity contribution is -0.136. The molecule has 0 aliphatic carbocycles. The number of aryl methyl sites for hydroxylation is 2. The van der Waals surface area contributed by atoms with Gasteiger partial charge >= 0.3 is 5.97 Å². The van der Waals surface area contributed by atoms with Gasteiger partial charge in [-0.25, -0.2) is 9.78 Å². The summed E-state index contributed by atoms with van der Waals surface area (Å²) in [6.45, 7) is 6.26. The number of carbonyl (C=O) groups excluding carboxylic acids is 1. The number of ether oxygens (including phenoxy) is 2. The average Bonchev–Trinajstić information content (AvgIpc) is 3.11. The largest absolute Gasteiger partial charge is 0.489 e. The molecular weight excluding hydrogens is 436 g/mol. The van der Waals surface area contributed by atoms with Crippen molar-refractivity contribution in [3.8, 4) is 5.75 Å². The molecule has 0 spiro atoms. The van der Waals surface area contributed by atoms with Crippen LogP contribution in [0.1, 0.15) is 34.3 Å². The van der Waals surface area contributed by atoms with Gasteiger partial charge < -0.3 is 14.5 Å². The predicted octanol–water partition coefficient (Wildman–Crippen LogP) is 5.28. The summed E-state index contributed by atoms with van der Waals surface area (Å²) in [5.74, 6) is 0.359. The van der Waals surface area contributed by atoms with Crippen molar-refractivity contribution in [1.82, 2.24) is 9.97 Å². The second kappa shape index (κ2) is 9.83. The third-order valence-electron chi connectivity index (χ3n) is 5.23. The van der Waals surface area contributed by atoms with E-state index in [2.05, 4.69) is 9.97 Å². The van der Waals surface area contributed by atoms with Gasteiger partial charge in [-0.3, -0.25) is 4.79 Å². The van der Waals surface area contributed by atoms with Gasteiger partial charge in [-0.05, 0) is 55.7 Å². The molecule has 1 N–H and O–H groups in total. The minimum absolute atomic E-state index is 0.191. The van der Waals surface area contributed by atoms with Crippen molar-refractivity contribution in [2.24, 2.45) is 0 Å². The van der Waals surface area contributed by atoms with Crippen LogP contribution < -0.4 is 10.3 Å². The lowest BCUT2D eigenvalue weighted by Crippen LogP contribution is -2.15. The van der Waals surface area contributed by atoms with E-state index in [1.165, 1.54) is 11.3 Å². The van der Waals surface area contributed by atoms with Crippen LogP contribution >= 0.6 is 11.3 Å². The highest BCUT2D eigenvalue weighted by molar-refractivity contribution is 7.18. The van der Waals surface area contributed by atoms with Crippen molar-refractivity contribution in [1.29, 1.82) is 0 Å². The number of aromatic nitrogens is 2. The first kappa shape index (κ1) is 22.5. The molecule has 2 heterocycles. The predicted molar refractivity (Wildman–Crippen MR) is 131 cm³/mol. The highest BCUT2D eigenvalue weighted by Crippen LogP contribution is 2.27. The summed E-state index contributed by atoms with van der Waals surface area (Å²) >= 11 is 1.43. The van der Waals surface area contributed by atoms with Crippen LogP contribution in [0.5, 0.6) is 5.75 Å². The first-order valence-corrected chi connectivity index (χ1v) is 11.4. The second-order valence-corrected chi connectivity index (χ2v) is 8.70. The molecule has 0 unspecified atom stereocenters. The average molecular weight is 461 g/mol. The van der Waals surface area contributed by atoms with Crippen molar-refractivity contribution in [3.05, 3.63) is 92.3 Å². The Morgan fingerprint density at radius 3 is 2.52 bits per heavy atom. The van der Waals surface area contributed by atoms with Gasteiger partial charge in [0.25, 0.3) is 5.56 Å². The number of benzene rings is 2. The molecule has 0 aliphatic heterocycles. The van der Waals surface area contributed by atoms with E-state index in [0.717, 1.165) is 21.6 Å². The molecular formula is C26H24N2O4S. The van der Waals surface area contributed by atoms with Crippen LogP contribution in [0.25, 0.3) is 21.9 Å². The molecule has 2 aromatic heterocycles. The summed E-state index contributed by atoms with van der Waals surface area (Å²) in [6, 6.07) is 17.3. The van der Waals surface area contributed by atoms with E-state index in [9.17, 15) is 9.59 Å². The zero-order valence-corrected chi connectivity index (χ0v) is 19.5. The topological polar surface area (TPSA) is 81.3 Å². The van der Waals surface area contributed by atoms with Gasteiger partial charge in [0.15, 0.2) is 0 Å². The summed E-state index contributed by atoms with van der Waals surface area (Å²) in [5.41, 5.74) is 2.67. The number of nitrogens with one attached hydrogen (secondary N) is 1. The number of hydrogen-bond donors (Lipinski definition) is 1. The van der Waals surface area contributed by atoms with Crippen LogP contribution in [-0.4, -0.2) is 22.5 Å². The monoisotopic (exact) mass is 460 g/mol. The van der Waals surface area contributed by atoms with Crippen molar-refractivity contribution >= 4 is 39.2 Å². The van der Waals surface area contributed by atoms with Gasteiger partial charge in [0.1, 0.15) is 28.6 Å². The summed E-state index contributed by atoms with van der Waals surface area (Å²) < 4.78 is 11.1. The fourth-order valence-electron chi connectivity index (χ4n) is 3.38. The molecule has 0 amide bonds. The molecule has 0 saturated carbocycles. The maximum atomic E-state index is 12.7. The van der Waals surface area contributed by atoms with E-state index in [-0.39, 0.29) is 23.6 Å². The molecule has 4 rings (SSSR count). The summed E-state index contributed by atoms with van der Waals surface area (Å²) in [7, 11) is 0. The van der Waals surface area contributed by atoms with Gasteiger partial charge in [-0.2, -0.15) is 0 Å². The maximum absolute atomic E-state index is 12.7. The van der Waals surface area contributed by atoms with Crippen molar-refractivity contribution in [2.75, 3.05) is 6.61 Å². The first-order valence-electron chi connectivity index (χ1n) is 10.6. The third-order valence-corrected chi connectivity index (χ3v) is 6.33. The Hall–Kier alpha value is -3.71. The molecule has 33 heavy (non-hydrogen) atoms. The van der Waals surface area contributed by atoms with Crippen LogP contribution in [0.4, 0.5) is 0 Å². The van der Waals surface area contributed by atoms with E-state index < -0.39 is 5.97 Å². The number of thiophene rings is 1. The molecule has 6 nitrogen and oxygen atoms in total. The Bertz CT molecular complexity index is 1370. The molecule has 0 saturated heterocycles. The number of esters is 1. The molecule has 0 radical (unpaired) electrons. The van der Waals surface area contributed by atoms with Crippen LogP contribution in [0, 0.1) is 13.8 Å². The smallest absolute Gasteiger partial charge is 0.341 e. The summed E-state index contributed by atoms with van der Waals surface area (Å²) in [5, 5.41) is 0.560. The lowest BCUT2D eigenvalue weighted by atomic mass is 10.1. The van der Waals surface area contributed by atoms with E-state index in [1.54, 1.807) is 13.0 Å². The number of carbonyl (C=O) groups is 1. The Morgan fingerprint density at radius 2 is 1.82 bits per heavy atom. The van der Waals surface area contributed by atoms with Gasteiger partial charge in [0, 0.05) is 4.88 Å². The molecule has 4 aromatic rings. The molecule has 0 aliphatic rings. The third kappa shape index (κ3) is 5.04. The standard InChI is InChI=1S/C26H24N2O4S/c1-4-31-26(30)21(23-27-24(29)22-16(2)17(3)33-25(22)28-23)14-18-10-12-20(13-11-18)32-15-19-8-6-5-7-9-19/h5-14H,4,15H2,1-3H3,(H,27,28,29). The number of fused-ring (bicyclic) bond motifs is 1. The molecule has 0 fully saturated rings.